The van der Waals surface area contributed by atoms with Crippen molar-refractivity contribution in [3.8, 4) is 23.0 Å². The highest BCUT2D eigenvalue weighted by atomic mass is 16.5. The Morgan fingerprint density at radius 1 is 1.17 bits per heavy atom. The van der Waals surface area contributed by atoms with Crippen molar-refractivity contribution in [3.63, 3.8) is 0 Å². The van der Waals surface area contributed by atoms with Gasteiger partial charge in [-0.2, -0.15) is 0 Å². The van der Waals surface area contributed by atoms with E-state index in [1.165, 1.54) is 11.8 Å². The minimum absolute atomic E-state index is 0.267. The number of hydrogen-bond donors (Lipinski definition) is 1. The normalized spacial score (nSPS) is 10.5. The van der Waals surface area contributed by atoms with Crippen molar-refractivity contribution < 1.29 is 14.6 Å². The van der Waals surface area contributed by atoms with Crippen LogP contribution in [0.5, 0.6) is 5.88 Å². The topological polar surface area (TPSA) is 90.1 Å². The molecule has 3 aromatic rings. The van der Waals surface area contributed by atoms with Crippen molar-refractivity contribution in [2.75, 3.05) is 7.11 Å². The summed E-state index contributed by atoms with van der Waals surface area (Å²) in [5, 5.41) is 13.2. The number of methoxy groups -OCH3 is 1. The second-order valence-corrected chi connectivity index (χ2v) is 4.90. The summed E-state index contributed by atoms with van der Waals surface area (Å²) in [6.45, 7) is 1.97. The molecule has 2 aromatic heterocycles. The van der Waals surface area contributed by atoms with E-state index in [1.54, 1.807) is 18.3 Å². The van der Waals surface area contributed by atoms with Crippen LogP contribution in [0.3, 0.4) is 0 Å². The number of carboxylic acids is 1. The zero-order valence-corrected chi connectivity index (χ0v) is 12.6. The van der Waals surface area contributed by atoms with Crippen LogP contribution in [-0.4, -0.2) is 37.9 Å². The van der Waals surface area contributed by atoms with Gasteiger partial charge in [0.1, 0.15) is 0 Å². The first kappa shape index (κ1) is 14.7. The number of ether oxygens (including phenoxy) is 1. The summed E-state index contributed by atoms with van der Waals surface area (Å²) >= 11 is 0. The lowest BCUT2D eigenvalue weighted by atomic mass is 10.2. The van der Waals surface area contributed by atoms with Crippen molar-refractivity contribution in [1.29, 1.82) is 0 Å². The number of carboxylic acid groups (broad SMARTS) is 1. The SMILES string of the molecule is COc1ccc(-c2nc(C(=O)O)nn2-c2ccc(C)cc2)cn1. The molecule has 0 saturated heterocycles. The molecule has 0 saturated carbocycles. The van der Waals surface area contributed by atoms with Crippen molar-refractivity contribution in [2.45, 2.75) is 6.92 Å². The van der Waals surface area contributed by atoms with Gasteiger partial charge in [-0.25, -0.2) is 19.4 Å². The Kier molecular flexibility index (Phi) is 3.76. The summed E-state index contributed by atoms with van der Waals surface area (Å²) in [5.74, 6) is -0.579. The minimum Gasteiger partial charge on any atom is -0.481 e. The molecule has 2 heterocycles. The lowest BCUT2D eigenvalue weighted by Crippen LogP contribution is -2.02. The van der Waals surface area contributed by atoms with Crippen LogP contribution in [0.25, 0.3) is 17.1 Å². The summed E-state index contributed by atoms with van der Waals surface area (Å²) in [4.78, 5) is 19.4. The van der Waals surface area contributed by atoms with Gasteiger partial charge in [0.15, 0.2) is 5.82 Å². The Morgan fingerprint density at radius 3 is 2.48 bits per heavy atom. The van der Waals surface area contributed by atoms with E-state index >= 15 is 0 Å². The molecule has 0 fully saturated rings. The van der Waals surface area contributed by atoms with Gasteiger partial charge in [-0.3, -0.25) is 0 Å². The van der Waals surface area contributed by atoms with Crippen LogP contribution in [0, 0.1) is 6.92 Å². The smallest absolute Gasteiger partial charge is 0.375 e. The van der Waals surface area contributed by atoms with Crippen LogP contribution in [0.2, 0.25) is 0 Å². The molecule has 0 aliphatic rings. The maximum Gasteiger partial charge on any atom is 0.375 e. The molecule has 116 valence electrons. The van der Waals surface area contributed by atoms with Gasteiger partial charge < -0.3 is 9.84 Å². The summed E-state index contributed by atoms with van der Waals surface area (Å²) in [5.41, 5.74) is 2.47. The van der Waals surface area contributed by atoms with Crippen LogP contribution >= 0.6 is 0 Å². The fourth-order valence-corrected chi connectivity index (χ4v) is 2.09. The standard InChI is InChI=1S/C16H14N4O3/c1-10-3-6-12(7-4-10)20-15(18-14(19-20)16(21)22)11-5-8-13(23-2)17-9-11/h3-9H,1-2H3,(H,21,22). The van der Waals surface area contributed by atoms with Crippen molar-refractivity contribution in [3.05, 3.63) is 54.0 Å². The molecule has 0 atom stereocenters. The number of rotatable bonds is 4. The molecule has 0 unspecified atom stereocenters. The van der Waals surface area contributed by atoms with E-state index in [4.69, 9.17) is 9.84 Å². The van der Waals surface area contributed by atoms with Crippen LogP contribution in [-0.2, 0) is 0 Å². The van der Waals surface area contributed by atoms with Gasteiger partial charge in [0, 0.05) is 17.8 Å². The quantitative estimate of drug-likeness (QED) is 0.795. The second kappa shape index (κ2) is 5.88. The Balaban J connectivity index is 2.13. The highest BCUT2D eigenvalue weighted by Gasteiger charge is 2.18. The summed E-state index contributed by atoms with van der Waals surface area (Å²) in [7, 11) is 1.53. The van der Waals surface area contributed by atoms with Crippen LogP contribution in [0.4, 0.5) is 0 Å². The monoisotopic (exact) mass is 310 g/mol. The number of aromatic carboxylic acids is 1. The van der Waals surface area contributed by atoms with E-state index in [2.05, 4.69) is 15.1 Å². The van der Waals surface area contributed by atoms with Gasteiger partial charge in [0.25, 0.3) is 5.82 Å². The number of pyridine rings is 1. The van der Waals surface area contributed by atoms with E-state index in [0.29, 0.717) is 17.3 Å². The Hall–Kier alpha value is -3.22. The Labute approximate surface area is 132 Å². The number of aryl methyl sites for hydroxylation is 1. The largest absolute Gasteiger partial charge is 0.481 e. The molecule has 0 radical (unpaired) electrons. The second-order valence-electron chi connectivity index (χ2n) is 4.90. The summed E-state index contributed by atoms with van der Waals surface area (Å²) < 4.78 is 6.52. The zero-order chi connectivity index (χ0) is 16.4. The molecule has 0 aliphatic heterocycles. The molecule has 1 aromatic carbocycles. The third-order valence-electron chi connectivity index (χ3n) is 3.28. The predicted molar refractivity (Wildman–Crippen MR) is 82.8 cm³/mol. The molecule has 0 amide bonds. The zero-order valence-electron chi connectivity index (χ0n) is 12.6. The molecule has 0 bridgehead atoms. The Morgan fingerprint density at radius 2 is 1.91 bits per heavy atom. The molecular weight excluding hydrogens is 296 g/mol. The average Bonchev–Trinajstić information content (AvgIpc) is 3.01. The fourth-order valence-electron chi connectivity index (χ4n) is 2.09. The Bertz CT molecular complexity index is 839. The van der Waals surface area contributed by atoms with Gasteiger partial charge in [0.2, 0.25) is 5.88 Å². The molecule has 7 heteroatoms. The van der Waals surface area contributed by atoms with Crippen LogP contribution in [0.1, 0.15) is 16.2 Å². The van der Waals surface area contributed by atoms with Gasteiger partial charge in [-0.05, 0) is 25.1 Å². The average molecular weight is 310 g/mol. The fraction of sp³-hybridized carbons (Fsp3) is 0.125. The molecule has 23 heavy (non-hydrogen) atoms. The first-order chi connectivity index (χ1) is 11.1. The maximum absolute atomic E-state index is 11.2. The van der Waals surface area contributed by atoms with Gasteiger partial charge in [0.05, 0.1) is 12.8 Å². The summed E-state index contributed by atoms with van der Waals surface area (Å²) in [6, 6.07) is 11.0. The number of benzene rings is 1. The third-order valence-corrected chi connectivity index (χ3v) is 3.28. The maximum atomic E-state index is 11.2. The predicted octanol–water partition coefficient (Wildman–Crippen LogP) is 2.34. The number of hydrogen-bond acceptors (Lipinski definition) is 5. The van der Waals surface area contributed by atoms with E-state index in [0.717, 1.165) is 11.3 Å². The van der Waals surface area contributed by atoms with Crippen molar-refractivity contribution >= 4 is 5.97 Å². The molecule has 0 aliphatic carbocycles. The number of nitrogens with zero attached hydrogens (tertiary/aromatic N) is 4. The molecule has 0 spiro atoms. The highest BCUT2D eigenvalue weighted by Crippen LogP contribution is 2.22. The van der Waals surface area contributed by atoms with Crippen molar-refractivity contribution in [1.82, 2.24) is 19.7 Å². The highest BCUT2D eigenvalue weighted by molar-refractivity contribution is 5.84. The first-order valence-corrected chi connectivity index (χ1v) is 6.86. The van der Waals surface area contributed by atoms with E-state index in [-0.39, 0.29) is 5.82 Å². The minimum atomic E-state index is -1.18. The first-order valence-electron chi connectivity index (χ1n) is 6.86. The molecule has 7 nitrogen and oxygen atoms in total. The number of aromatic nitrogens is 4. The van der Waals surface area contributed by atoms with E-state index in [1.807, 2.05) is 31.2 Å². The molecular formula is C16H14N4O3. The van der Waals surface area contributed by atoms with Crippen molar-refractivity contribution in [2.24, 2.45) is 0 Å². The van der Waals surface area contributed by atoms with Crippen LogP contribution < -0.4 is 4.74 Å². The van der Waals surface area contributed by atoms with Gasteiger partial charge in [-0.1, -0.05) is 17.7 Å². The molecule has 1 N–H and O–H groups in total. The van der Waals surface area contributed by atoms with E-state index in [9.17, 15) is 4.79 Å². The molecule has 3 rings (SSSR count). The van der Waals surface area contributed by atoms with Crippen LogP contribution in [0.15, 0.2) is 42.6 Å². The van der Waals surface area contributed by atoms with Gasteiger partial charge >= 0.3 is 5.97 Å². The lowest BCUT2D eigenvalue weighted by Gasteiger charge is -2.06. The van der Waals surface area contributed by atoms with E-state index < -0.39 is 5.97 Å². The third kappa shape index (κ3) is 2.89. The number of carbonyl (C=O) groups is 1. The summed E-state index contributed by atoms with van der Waals surface area (Å²) in [6.07, 6.45) is 1.57. The van der Waals surface area contributed by atoms with Gasteiger partial charge in [-0.15, -0.1) is 5.10 Å². The lowest BCUT2D eigenvalue weighted by molar-refractivity contribution is 0.0683.